The number of hydrogen-bond donors (Lipinski definition) is 2. The first-order chi connectivity index (χ1) is 15.4. The molecule has 1 unspecified atom stereocenters. The molecule has 3 amide bonds. The van der Waals surface area contributed by atoms with Crippen molar-refractivity contribution in [2.45, 2.75) is 6.42 Å². The van der Waals surface area contributed by atoms with E-state index < -0.39 is 17.7 Å². The maximum Gasteiger partial charge on any atom is 0.290 e. The molecule has 2 N–H and O–H groups in total. The van der Waals surface area contributed by atoms with Gasteiger partial charge < -0.3 is 9.64 Å². The number of para-hydroxylation sites is 2. The van der Waals surface area contributed by atoms with Crippen LogP contribution in [-0.4, -0.2) is 41.2 Å². The number of fused-ring (bicyclic) bond motifs is 1. The summed E-state index contributed by atoms with van der Waals surface area (Å²) in [6.07, 6.45) is 0.000766. The predicted molar refractivity (Wildman–Crippen MR) is 116 cm³/mol. The fourth-order valence-electron chi connectivity index (χ4n) is 3.72. The maximum absolute atomic E-state index is 12.7. The number of hydrogen-bond acceptors (Lipinski definition) is 6. The number of nitrogens with zero attached hydrogens (tertiary/aromatic N) is 3. The van der Waals surface area contributed by atoms with Crippen LogP contribution in [0, 0.1) is 5.92 Å². The van der Waals surface area contributed by atoms with Gasteiger partial charge in [-0.2, -0.15) is 5.10 Å². The summed E-state index contributed by atoms with van der Waals surface area (Å²) in [6.45, 7) is 0.155. The lowest BCUT2D eigenvalue weighted by Crippen LogP contribution is -2.45. The van der Waals surface area contributed by atoms with Crippen LogP contribution in [0.2, 0.25) is 0 Å². The standard InChI is InChI=1S/C22H21N5O5/c1-26-22(31)15-8-4-3-7-14(15)19(25-26)21(30)24-23-20(29)13-11-18(28)27(12-13)16-9-5-6-10-17(16)32-2/h3-10,13H,11-12H2,1-2H3,(H,23,29)(H,24,30). The van der Waals surface area contributed by atoms with Crippen molar-refractivity contribution in [3.05, 3.63) is 64.6 Å². The molecule has 10 heteroatoms. The Balaban J connectivity index is 1.46. The van der Waals surface area contributed by atoms with Gasteiger partial charge in [0.25, 0.3) is 11.5 Å². The molecule has 1 aromatic heterocycles. The van der Waals surface area contributed by atoms with Crippen molar-refractivity contribution in [1.29, 1.82) is 0 Å². The summed E-state index contributed by atoms with van der Waals surface area (Å²) in [7, 11) is 2.96. The van der Waals surface area contributed by atoms with Crippen molar-refractivity contribution in [1.82, 2.24) is 20.6 Å². The summed E-state index contributed by atoms with van der Waals surface area (Å²) in [5.74, 6) is -1.51. The molecule has 2 aromatic carbocycles. The third-order valence-corrected chi connectivity index (χ3v) is 5.34. The Kier molecular flexibility index (Phi) is 5.59. The van der Waals surface area contributed by atoms with Crippen LogP contribution in [0.5, 0.6) is 5.75 Å². The summed E-state index contributed by atoms with van der Waals surface area (Å²) in [5.41, 5.74) is 4.96. The molecule has 10 nitrogen and oxygen atoms in total. The van der Waals surface area contributed by atoms with E-state index in [1.165, 1.54) is 19.1 Å². The van der Waals surface area contributed by atoms with Gasteiger partial charge >= 0.3 is 0 Å². The van der Waals surface area contributed by atoms with Crippen LogP contribution in [-0.2, 0) is 16.6 Å². The van der Waals surface area contributed by atoms with Crippen molar-refractivity contribution in [3.63, 3.8) is 0 Å². The van der Waals surface area contributed by atoms with Crippen LogP contribution < -0.4 is 26.0 Å². The number of ether oxygens (including phenoxy) is 1. The third kappa shape index (κ3) is 3.78. The highest BCUT2D eigenvalue weighted by Crippen LogP contribution is 2.32. The monoisotopic (exact) mass is 435 g/mol. The Morgan fingerprint density at radius 2 is 1.72 bits per heavy atom. The van der Waals surface area contributed by atoms with Gasteiger partial charge in [-0.05, 0) is 18.2 Å². The Bertz CT molecular complexity index is 1290. The van der Waals surface area contributed by atoms with Gasteiger partial charge in [-0.1, -0.05) is 30.3 Å². The molecular formula is C22H21N5O5. The smallest absolute Gasteiger partial charge is 0.290 e. The number of benzene rings is 2. The fraction of sp³-hybridized carbons (Fsp3) is 0.227. The number of aromatic nitrogens is 2. The molecule has 0 saturated carbocycles. The molecule has 0 aliphatic carbocycles. The zero-order chi connectivity index (χ0) is 22.8. The first-order valence-electron chi connectivity index (χ1n) is 9.90. The molecule has 2 heterocycles. The zero-order valence-corrected chi connectivity index (χ0v) is 17.5. The Morgan fingerprint density at radius 1 is 1.03 bits per heavy atom. The minimum Gasteiger partial charge on any atom is -0.495 e. The van der Waals surface area contributed by atoms with Gasteiger partial charge in [0, 0.05) is 25.4 Å². The highest BCUT2D eigenvalue weighted by atomic mass is 16.5. The van der Waals surface area contributed by atoms with Crippen LogP contribution in [0.4, 0.5) is 5.69 Å². The van der Waals surface area contributed by atoms with E-state index in [-0.39, 0.29) is 30.1 Å². The molecule has 1 atom stereocenters. The van der Waals surface area contributed by atoms with E-state index in [2.05, 4.69) is 16.0 Å². The van der Waals surface area contributed by atoms with E-state index in [9.17, 15) is 19.2 Å². The SMILES string of the molecule is COc1ccccc1N1CC(C(=O)NNC(=O)c2nn(C)c(=O)c3ccccc23)CC1=O. The number of methoxy groups -OCH3 is 1. The van der Waals surface area contributed by atoms with E-state index in [1.54, 1.807) is 48.5 Å². The molecule has 0 bridgehead atoms. The van der Waals surface area contributed by atoms with Crippen molar-refractivity contribution >= 4 is 34.2 Å². The molecule has 1 aliphatic heterocycles. The normalized spacial score (nSPS) is 15.6. The molecule has 0 spiro atoms. The second-order valence-electron chi connectivity index (χ2n) is 7.34. The van der Waals surface area contributed by atoms with Crippen molar-refractivity contribution < 1.29 is 19.1 Å². The highest BCUT2D eigenvalue weighted by Gasteiger charge is 2.36. The number of aryl methyl sites for hydroxylation is 1. The molecule has 1 fully saturated rings. The van der Waals surface area contributed by atoms with Crippen LogP contribution in [0.1, 0.15) is 16.9 Å². The lowest BCUT2D eigenvalue weighted by molar-refractivity contribution is -0.126. The summed E-state index contributed by atoms with van der Waals surface area (Å²) >= 11 is 0. The maximum atomic E-state index is 12.7. The predicted octanol–water partition coefficient (Wildman–Crippen LogP) is 0.756. The second kappa shape index (κ2) is 8.50. The average Bonchev–Trinajstić information content (AvgIpc) is 3.21. The lowest BCUT2D eigenvalue weighted by Gasteiger charge is -2.19. The first kappa shape index (κ1) is 21.0. The highest BCUT2D eigenvalue weighted by molar-refractivity contribution is 6.06. The molecule has 4 rings (SSSR count). The zero-order valence-electron chi connectivity index (χ0n) is 17.5. The number of carbonyl (C=O) groups excluding carboxylic acids is 3. The average molecular weight is 435 g/mol. The molecule has 164 valence electrons. The molecule has 1 aliphatic rings. The molecule has 3 aromatic rings. The quantitative estimate of drug-likeness (QED) is 0.584. The van der Waals surface area contributed by atoms with Crippen molar-refractivity contribution in [2.75, 3.05) is 18.6 Å². The summed E-state index contributed by atoms with van der Waals surface area (Å²) in [4.78, 5) is 51.5. The topological polar surface area (TPSA) is 123 Å². The summed E-state index contributed by atoms with van der Waals surface area (Å²) < 4.78 is 6.37. The van der Waals surface area contributed by atoms with E-state index >= 15 is 0 Å². The van der Waals surface area contributed by atoms with Crippen LogP contribution >= 0.6 is 0 Å². The van der Waals surface area contributed by atoms with Crippen molar-refractivity contribution in [2.24, 2.45) is 13.0 Å². The molecular weight excluding hydrogens is 414 g/mol. The Labute approximate surface area is 182 Å². The van der Waals surface area contributed by atoms with Crippen LogP contribution in [0.25, 0.3) is 10.8 Å². The number of carbonyl (C=O) groups is 3. The number of amides is 3. The van der Waals surface area contributed by atoms with Gasteiger partial charge in [0.1, 0.15) is 5.75 Å². The third-order valence-electron chi connectivity index (χ3n) is 5.34. The summed E-state index contributed by atoms with van der Waals surface area (Å²) in [6, 6.07) is 13.7. The number of rotatable bonds is 4. The van der Waals surface area contributed by atoms with E-state index in [0.29, 0.717) is 22.2 Å². The minimum atomic E-state index is -0.670. The molecule has 1 saturated heterocycles. The first-order valence-corrected chi connectivity index (χ1v) is 9.90. The van der Waals surface area contributed by atoms with E-state index in [1.807, 2.05) is 0 Å². The number of nitrogens with one attached hydrogen (secondary N) is 2. The van der Waals surface area contributed by atoms with Gasteiger partial charge in [0.2, 0.25) is 11.8 Å². The van der Waals surface area contributed by atoms with Gasteiger partial charge in [0.05, 0.1) is 24.1 Å². The van der Waals surface area contributed by atoms with E-state index in [0.717, 1.165) is 4.68 Å². The molecule has 0 radical (unpaired) electrons. The van der Waals surface area contributed by atoms with Gasteiger partial charge in [0.15, 0.2) is 5.69 Å². The lowest BCUT2D eigenvalue weighted by atomic mass is 10.1. The van der Waals surface area contributed by atoms with Gasteiger partial charge in [-0.3, -0.25) is 30.0 Å². The minimum absolute atomic E-state index is 0.000766. The Hall–Kier alpha value is -4.21. The van der Waals surface area contributed by atoms with Crippen LogP contribution in [0.15, 0.2) is 53.3 Å². The van der Waals surface area contributed by atoms with Crippen molar-refractivity contribution in [3.8, 4) is 5.75 Å². The number of hydrazine groups is 1. The van der Waals surface area contributed by atoms with E-state index in [4.69, 9.17) is 4.74 Å². The van der Waals surface area contributed by atoms with Gasteiger partial charge in [-0.25, -0.2) is 4.68 Å². The van der Waals surface area contributed by atoms with Crippen LogP contribution in [0.3, 0.4) is 0 Å². The fourth-order valence-corrected chi connectivity index (χ4v) is 3.72. The largest absolute Gasteiger partial charge is 0.495 e. The second-order valence-corrected chi connectivity index (χ2v) is 7.34. The summed E-state index contributed by atoms with van der Waals surface area (Å²) in [5, 5.41) is 4.74. The molecule has 32 heavy (non-hydrogen) atoms. The van der Waals surface area contributed by atoms with Gasteiger partial charge in [-0.15, -0.1) is 0 Å². The number of anilines is 1. The Morgan fingerprint density at radius 3 is 2.47 bits per heavy atom.